The van der Waals surface area contributed by atoms with Crippen molar-refractivity contribution in [3.63, 3.8) is 0 Å². The molecule has 32 heavy (non-hydrogen) atoms. The van der Waals surface area contributed by atoms with Crippen LogP contribution in [0.4, 0.5) is 36.8 Å². The fraction of sp³-hybridized carbons (Fsp3) is 0.381. The Morgan fingerprint density at radius 3 is 2.38 bits per heavy atom. The highest BCUT2D eigenvalue weighted by atomic mass is 19.4. The average Bonchev–Trinajstić information content (AvgIpc) is 3.03. The average molecular weight is 459 g/mol. The van der Waals surface area contributed by atoms with E-state index in [0.29, 0.717) is 12.8 Å². The maximum Gasteiger partial charge on any atom is 0.433 e. The van der Waals surface area contributed by atoms with E-state index in [1.165, 1.54) is 15.9 Å². The molecule has 0 saturated carbocycles. The normalized spacial score (nSPS) is 17.2. The van der Waals surface area contributed by atoms with Crippen molar-refractivity contribution in [3.8, 4) is 0 Å². The van der Waals surface area contributed by atoms with Gasteiger partial charge in [-0.3, -0.25) is 9.69 Å². The number of benzene rings is 1. The zero-order valence-electron chi connectivity index (χ0n) is 16.9. The van der Waals surface area contributed by atoms with Crippen molar-refractivity contribution >= 4 is 17.5 Å². The van der Waals surface area contributed by atoms with Gasteiger partial charge in [0, 0.05) is 12.1 Å². The fourth-order valence-electron chi connectivity index (χ4n) is 3.52. The van der Waals surface area contributed by atoms with E-state index in [1.54, 1.807) is 0 Å². The molecule has 1 aromatic heterocycles. The SMILES string of the molecule is CCC[C@H]1CN(c2ccc(C(F)(F)F)nc2)C(=O)N1CC(=O)c1cccc(C(F)(F)F)c1. The monoisotopic (exact) mass is 459 g/mol. The van der Waals surface area contributed by atoms with E-state index in [2.05, 4.69) is 4.98 Å². The lowest BCUT2D eigenvalue weighted by Crippen LogP contribution is -2.39. The fourth-order valence-corrected chi connectivity index (χ4v) is 3.52. The Morgan fingerprint density at radius 1 is 1.09 bits per heavy atom. The highest BCUT2D eigenvalue weighted by Gasteiger charge is 2.39. The number of carbonyl (C=O) groups excluding carboxylic acids is 2. The molecule has 0 spiro atoms. The number of aromatic nitrogens is 1. The summed E-state index contributed by atoms with van der Waals surface area (Å²) < 4.78 is 77.1. The van der Waals surface area contributed by atoms with Gasteiger partial charge in [0.15, 0.2) is 5.78 Å². The molecule has 0 radical (unpaired) electrons. The third-order valence-electron chi connectivity index (χ3n) is 5.11. The highest BCUT2D eigenvalue weighted by molar-refractivity contribution is 6.02. The maximum atomic E-state index is 12.9. The Morgan fingerprint density at radius 2 is 1.81 bits per heavy atom. The largest absolute Gasteiger partial charge is 0.433 e. The number of nitrogens with zero attached hydrogens (tertiary/aromatic N) is 3. The van der Waals surface area contributed by atoms with Crippen LogP contribution in [0.3, 0.4) is 0 Å². The summed E-state index contributed by atoms with van der Waals surface area (Å²) in [7, 11) is 0. The second-order valence-corrected chi connectivity index (χ2v) is 7.36. The molecule has 5 nitrogen and oxygen atoms in total. The minimum Gasteiger partial charge on any atom is -0.312 e. The van der Waals surface area contributed by atoms with E-state index in [-0.39, 0.29) is 17.8 Å². The quantitative estimate of drug-likeness (QED) is 0.429. The molecule has 2 amide bonds. The van der Waals surface area contributed by atoms with Crippen LogP contribution in [0, 0.1) is 0 Å². The third kappa shape index (κ3) is 5.03. The van der Waals surface area contributed by atoms with Gasteiger partial charge in [0.05, 0.1) is 30.0 Å². The molecule has 1 aliphatic rings. The molecule has 1 aliphatic heterocycles. The van der Waals surface area contributed by atoms with Crippen molar-refractivity contribution < 1.29 is 35.9 Å². The molecule has 0 unspecified atom stereocenters. The molecule has 1 atom stereocenters. The Balaban J connectivity index is 1.81. The summed E-state index contributed by atoms with van der Waals surface area (Å²) in [4.78, 5) is 31.4. The summed E-state index contributed by atoms with van der Waals surface area (Å²) in [6.45, 7) is 1.53. The molecule has 0 aliphatic carbocycles. The minimum absolute atomic E-state index is 0.121. The summed E-state index contributed by atoms with van der Waals surface area (Å²) in [6.07, 6.45) is -7.14. The summed E-state index contributed by atoms with van der Waals surface area (Å²) in [5, 5.41) is 0. The van der Waals surface area contributed by atoms with Crippen LogP contribution in [0.15, 0.2) is 42.6 Å². The van der Waals surface area contributed by atoms with Crippen LogP contribution in [0.5, 0.6) is 0 Å². The number of Topliss-reactive ketones (excluding diaryl/α,β-unsaturated/α-hetero) is 1. The van der Waals surface area contributed by atoms with Crippen molar-refractivity contribution in [2.45, 2.75) is 38.2 Å². The van der Waals surface area contributed by atoms with Gasteiger partial charge in [0.2, 0.25) is 0 Å². The first kappa shape index (κ1) is 23.6. The van der Waals surface area contributed by atoms with Crippen molar-refractivity contribution in [2.75, 3.05) is 18.0 Å². The van der Waals surface area contributed by atoms with Gasteiger partial charge >= 0.3 is 18.4 Å². The van der Waals surface area contributed by atoms with Crippen LogP contribution < -0.4 is 4.90 Å². The molecule has 2 aromatic rings. The van der Waals surface area contributed by atoms with Gasteiger partial charge in [0.25, 0.3) is 0 Å². The first-order chi connectivity index (χ1) is 14.9. The van der Waals surface area contributed by atoms with Crippen molar-refractivity contribution in [2.24, 2.45) is 0 Å². The lowest BCUT2D eigenvalue weighted by molar-refractivity contribution is -0.141. The zero-order chi connectivity index (χ0) is 23.7. The predicted molar refractivity (Wildman–Crippen MR) is 103 cm³/mol. The number of halogens is 6. The van der Waals surface area contributed by atoms with Gasteiger partial charge in [-0.15, -0.1) is 0 Å². The van der Waals surface area contributed by atoms with Crippen LogP contribution >= 0.6 is 0 Å². The number of amides is 2. The smallest absolute Gasteiger partial charge is 0.312 e. The molecular weight excluding hydrogens is 440 g/mol. The predicted octanol–water partition coefficient (Wildman–Crippen LogP) is 5.41. The first-order valence-electron chi connectivity index (χ1n) is 9.73. The minimum atomic E-state index is -4.62. The third-order valence-corrected chi connectivity index (χ3v) is 5.11. The second kappa shape index (κ2) is 8.79. The molecule has 0 bridgehead atoms. The van der Waals surface area contributed by atoms with Gasteiger partial charge in [-0.25, -0.2) is 9.78 Å². The molecule has 172 valence electrons. The molecular formula is C21H19F6N3O2. The number of anilines is 1. The highest BCUT2D eigenvalue weighted by Crippen LogP contribution is 2.32. The van der Waals surface area contributed by atoms with E-state index in [1.807, 2.05) is 6.92 Å². The summed E-state index contributed by atoms with van der Waals surface area (Å²) in [5.74, 6) is -0.669. The van der Waals surface area contributed by atoms with Crippen LogP contribution in [-0.4, -0.2) is 40.8 Å². The number of rotatable bonds is 6. The Kier molecular flexibility index (Phi) is 6.47. The molecule has 11 heteroatoms. The molecule has 0 N–H and O–H groups in total. The Hall–Kier alpha value is -3.11. The van der Waals surface area contributed by atoms with E-state index in [4.69, 9.17) is 0 Å². The van der Waals surface area contributed by atoms with Gasteiger partial charge < -0.3 is 4.90 Å². The standard InChI is InChI=1S/C21H19F6N3O2/c1-2-4-16-11-29(15-7-8-18(28-10-15)21(25,26)27)19(32)30(16)12-17(31)13-5-3-6-14(9-13)20(22,23)24/h3,5-10,16H,2,4,11-12H2,1H3/t16-/m0/s1. The summed E-state index contributed by atoms with van der Waals surface area (Å²) in [5.41, 5.74) is -2.12. The number of urea groups is 1. The second-order valence-electron chi connectivity index (χ2n) is 7.36. The van der Waals surface area contributed by atoms with E-state index < -0.39 is 48.0 Å². The maximum absolute atomic E-state index is 12.9. The van der Waals surface area contributed by atoms with Gasteiger partial charge in [-0.05, 0) is 30.7 Å². The molecule has 2 heterocycles. The number of hydrogen-bond donors (Lipinski definition) is 0. The lowest BCUT2D eigenvalue weighted by atomic mass is 10.1. The number of ketones is 1. The molecule has 1 fully saturated rings. The summed E-state index contributed by atoms with van der Waals surface area (Å²) >= 11 is 0. The van der Waals surface area contributed by atoms with E-state index in [9.17, 15) is 35.9 Å². The van der Waals surface area contributed by atoms with Crippen molar-refractivity contribution in [1.29, 1.82) is 0 Å². The topological polar surface area (TPSA) is 53.5 Å². The van der Waals surface area contributed by atoms with Crippen LogP contribution in [0.1, 0.15) is 41.4 Å². The zero-order valence-corrected chi connectivity index (χ0v) is 16.9. The van der Waals surface area contributed by atoms with E-state index in [0.717, 1.165) is 36.5 Å². The lowest BCUT2D eigenvalue weighted by Gasteiger charge is -2.22. The number of alkyl halides is 6. The first-order valence-corrected chi connectivity index (χ1v) is 9.73. The number of carbonyl (C=O) groups is 2. The van der Waals surface area contributed by atoms with E-state index >= 15 is 0 Å². The van der Waals surface area contributed by atoms with Crippen molar-refractivity contribution in [3.05, 3.63) is 59.4 Å². The van der Waals surface area contributed by atoms with Crippen molar-refractivity contribution in [1.82, 2.24) is 9.88 Å². The van der Waals surface area contributed by atoms with Crippen LogP contribution in [0.25, 0.3) is 0 Å². The number of pyridine rings is 1. The Bertz CT molecular complexity index is 988. The summed E-state index contributed by atoms with van der Waals surface area (Å²) in [6, 6.07) is 4.76. The Labute approximate surface area is 179 Å². The van der Waals surface area contributed by atoms with Gasteiger partial charge in [-0.2, -0.15) is 26.3 Å². The number of hydrogen-bond acceptors (Lipinski definition) is 3. The molecule has 3 rings (SSSR count). The molecule has 1 aromatic carbocycles. The van der Waals surface area contributed by atoms with Crippen LogP contribution in [0.2, 0.25) is 0 Å². The van der Waals surface area contributed by atoms with Gasteiger partial charge in [-0.1, -0.05) is 25.5 Å². The molecule has 1 saturated heterocycles. The van der Waals surface area contributed by atoms with Gasteiger partial charge in [0.1, 0.15) is 5.69 Å². The van der Waals surface area contributed by atoms with Crippen LogP contribution in [-0.2, 0) is 12.4 Å².